The van der Waals surface area contributed by atoms with Crippen LogP contribution in [0.15, 0.2) is 146 Å². The van der Waals surface area contributed by atoms with Crippen molar-refractivity contribution in [1.82, 2.24) is 4.98 Å². The molecule has 0 amide bonds. The highest BCUT2D eigenvalue weighted by Crippen LogP contribution is 2.50. The third-order valence-electron chi connectivity index (χ3n) is 7.09. The van der Waals surface area contributed by atoms with Crippen LogP contribution in [0.5, 0.6) is 0 Å². The number of nitrogens with zero attached hydrogens (tertiary/aromatic N) is 1. The minimum absolute atomic E-state index is 0.454. The standard InChI is InChI=1S/C35H35NO3Si/c1-3-37-40(38-4-2,32-25-15-8-16-26-32)39-34(29-19-9-5-10-20-29)35(30-21-11-6-12-22-30,31-23-13-7-14-24-31)33-27-17-18-28-36-33/h5-28,34H,3-4H2,1-2H3. The average molecular weight is 546 g/mol. The molecule has 0 aliphatic heterocycles. The molecule has 40 heavy (non-hydrogen) atoms. The fourth-order valence-corrected chi connectivity index (χ4v) is 8.13. The van der Waals surface area contributed by atoms with Crippen molar-refractivity contribution in [2.45, 2.75) is 25.4 Å². The smallest absolute Gasteiger partial charge is 0.370 e. The third-order valence-corrected chi connectivity index (χ3v) is 10.0. The van der Waals surface area contributed by atoms with Gasteiger partial charge in [0.05, 0.1) is 17.2 Å². The molecule has 1 heterocycles. The predicted octanol–water partition coefficient (Wildman–Crippen LogP) is 7.09. The van der Waals surface area contributed by atoms with Gasteiger partial charge in [-0.05, 0) is 42.7 Å². The molecule has 5 rings (SSSR count). The molecule has 0 N–H and O–H groups in total. The molecule has 0 aliphatic carbocycles. The Bertz CT molecular complexity index is 1330. The van der Waals surface area contributed by atoms with E-state index in [0.29, 0.717) is 13.2 Å². The SMILES string of the molecule is CCO[Si](OCC)(OC(c1ccccc1)C(c1ccccc1)(c1ccccc1)c1ccccn1)c1ccccc1. The molecular weight excluding hydrogens is 510 g/mol. The lowest BCUT2D eigenvalue weighted by atomic mass is 9.66. The summed E-state index contributed by atoms with van der Waals surface area (Å²) < 4.78 is 20.6. The number of aromatic nitrogens is 1. The van der Waals surface area contributed by atoms with E-state index in [9.17, 15) is 0 Å². The number of hydrogen-bond acceptors (Lipinski definition) is 4. The Hall–Kier alpha value is -3.87. The second kappa shape index (κ2) is 13.0. The molecule has 0 saturated heterocycles. The van der Waals surface area contributed by atoms with Gasteiger partial charge < -0.3 is 13.3 Å². The van der Waals surface area contributed by atoms with Crippen molar-refractivity contribution in [1.29, 1.82) is 0 Å². The second-order valence-corrected chi connectivity index (χ2v) is 12.0. The number of pyridine rings is 1. The fourth-order valence-electron chi connectivity index (χ4n) is 5.45. The quantitative estimate of drug-likeness (QED) is 0.157. The van der Waals surface area contributed by atoms with Gasteiger partial charge in [-0.2, -0.15) is 0 Å². The summed E-state index contributed by atoms with van der Waals surface area (Å²) in [5.41, 5.74) is 3.19. The van der Waals surface area contributed by atoms with Crippen LogP contribution in [0.2, 0.25) is 0 Å². The van der Waals surface area contributed by atoms with Gasteiger partial charge in [-0.3, -0.25) is 4.98 Å². The lowest BCUT2D eigenvalue weighted by Gasteiger charge is -2.45. The lowest BCUT2D eigenvalue weighted by Crippen LogP contribution is -2.59. The van der Waals surface area contributed by atoms with Crippen molar-refractivity contribution in [2.24, 2.45) is 0 Å². The van der Waals surface area contributed by atoms with Crippen LogP contribution in [0, 0.1) is 0 Å². The largest absolute Gasteiger partial charge is 0.537 e. The van der Waals surface area contributed by atoms with Crippen molar-refractivity contribution in [3.63, 3.8) is 0 Å². The summed E-state index contributed by atoms with van der Waals surface area (Å²) in [7, 11) is -3.45. The van der Waals surface area contributed by atoms with Gasteiger partial charge in [-0.25, -0.2) is 0 Å². The molecule has 0 spiro atoms. The molecule has 0 fully saturated rings. The van der Waals surface area contributed by atoms with Crippen LogP contribution < -0.4 is 5.19 Å². The molecule has 202 valence electrons. The Kier molecular flexibility index (Phi) is 8.99. The van der Waals surface area contributed by atoms with Crippen molar-refractivity contribution >= 4 is 14.0 Å². The van der Waals surface area contributed by atoms with Gasteiger partial charge in [0.25, 0.3) is 0 Å². The van der Waals surface area contributed by atoms with Gasteiger partial charge in [-0.1, -0.05) is 127 Å². The van der Waals surface area contributed by atoms with Gasteiger partial charge in [-0.15, -0.1) is 0 Å². The van der Waals surface area contributed by atoms with E-state index in [1.54, 1.807) is 0 Å². The van der Waals surface area contributed by atoms with E-state index in [0.717, 1.165) is 27.6 Å². The van der Waals surface area contributed by atoms with Crippen LogP contribution in [-0.4, -0.2) is 27.0 Å². The molecule has 0 saturated carbocycles. The van der Waals surface area contributed by atoms with Crippen LogP contribution in [0.25, 0.3) is 0 Å². The molecule has 1 atom stereocenters. The maximum Gasteiger partial charge on any atom is 0.537 e. The first-order chi connectivity index (χ1) is 19.7. The van der Waals surface area contributed by atoms with Gasteiger partial charge in [0.2, 0.25) is 0 Å². The summed E-state index contributed by atoms with van der Waals surface area (Å²) in [5.74, 6) is 0. The highest BCUT2D eigenvalue weighted by Gasteiger charge is 2.54. The van der Waals surface area contributed by atoms with E-state index >= 15 is 0 Å². The number of hydrogen-bond donors (Lipinski definition) is 0. The van der Waals surface area contributed by atoms with Crippen LogP contribution in [-0.2, 0) is 18.7 Å². The second-order valence-electron chi connectivity index (χ2n) is 9.45. The first kappa shape index (κ1) is 27.7. The lowest BCUT2D eigenvalue weighted by molar-refractivity contribution is 0.0231. The molecule has 0 aliphatic rings. The molecule has 4 aromatic carbocycles. The Morgan fingerprint density at radius 3 is 1.55 bits per heavy atom. The first-order valence-electron chi connectivity index (χ1n) is 13.8. The number of benzene rings is 4. The van der Waals surface area contributed by atoms with Crippen LogP contribution >= 0.6 is 0 Å². The van der Waals surface area contributed by atoms with E-state index in [-0.39, 0.29) is 0 Å². The highest BCUT2D eigenvalue weighted by atomic mass is 28.4. The van der Waals surface area contributed by atoms with Gasteiger partial charge in [0.15, 0.2) is 0 Å². The van der Waals surface area contributed by atoms with E-state index in [1.165, 1.54) is 0 Å². The zero-order valence-electron chi connectivity index (χ0n) is 23.0. The predicted molar refractivity (Wildman–Crippen MR) is 162 cm³/mol. The third kappa shape index (κ3) is 5.42. The molecule has 1 aromatic heterocycles. The average Bonchev–Trinajstić information content (AvgIpc) is 3.03. The molecule has 0 radical (unpaired) electrons. The Morgan fingerprint density at radius 2 is 1.07 bits per heavy atom. The maximum absolute atomic E-state index is 7.47. The summed E-state index contributed by atoms with van der Waals surface area (Å²) in [6.45, 7) is 4.89. The summed E-state index contributed by atoms with van der Waals surface area (Å²) in [6, 6.07) is 47.6. The zero-order chi connectivity index (χ0) is 27.7. The Morgan fingerprint density at radius 1 is 0.600 bits per heavy atom. The molecule has 1 unspecified atom stereocenters. The molecule has 4 nitrogen and oxygen atoms in total. The van der Waals surface area contributed by atoms with Crippen molar-refractivity contribution < 1.29 is 13.3 Å². The first-order valence-corrected chi connectivity index (χ1v) is 15.6. The van der Waals surface area contributed by atoms with E-state index < -0.39 is 20.3 Å². The van der Waals surface area contributed by atoms with Crippen LogP contribution in [0.4, 0.5) is 0 Å². The van der Waals surface area contributed by atoms with Gasteiger partial charge >= 0.3 is 8.80 Å². The summed E-state index contributed by atoms with van der Waals surface area (Å²) in [4.78, 5) is 5.00. The summed E-state index contributed by atoms with van der Waals surface area (Å²) in [5, 5.41) is 0.927. The van der Waals surface area contributed by atoms with E-state index in [4.69, 9.17) is 18.3 Å². The minimum Gasteiger partial charge on any atom is -0.370 e. The van der Waals surface area contributed by atoms with Crippen molar-refractivity contribution in [3.05, 3.63) is 168 Å². The zero-order valence-corrected chi connectivity index (χ0v) is 24.0. The van der Waals surface area contributed by atoms with Gasteiger partial charge in [0, 0.05) is 24.6 Å². The monoisotopic (exact) mass is 545 g/mol. The topological polar surface area (TPSA) is 40.6 Å². The highest BCUT2D eigenvalue weighted by molar-refractivity contribution is 6.75. The van der Waals surface area contributed by atoms with E-state index in [1.807, 2.05) is 80.7 Å². The normalized spacial score (nSPS) is 12.7. The minimum atomic E-state index is -3.45. The van der Waals surface area contributed by atoms with Crippen LogP contribution in [0.3, 0.4) is 0 Å². The Balaban J connectivity index is 1.87. The van der Waals surface area contributed by atoms with Crippen LogP contribution in [0.1, 0.15) is 42.3 Å². The molecular formula is C35H35NO3Si. The van der Waals surface area contributed by atoms with E-state index in [2.05, 4.69) is 78.9 Å². The Labute approximate surface area is 238 Å². The summed E-state index contributed by atoms with van der Waals surface area (Å²) in [6.07, 6.45) is 1.31. The summed E-state index contributed by atoms with van der Waals surface area (Å²) >= 11 is 0. The maximum atomic E-state index is 7.47. The molecule has 5 aromatic rings. The van der Waals surface area contributed by atoms with Crippen molar-refractivity contribution in [2.75, 3.05) is 13.2 Å². The number of rotatable bonds is 12. The fraction of sp³-hybridized carbons (Fsp3) is 0.171. The van der Waals surface area contributed by atoms with Crippen molar-refractivity contribution in [3.8, 4) is 0 Å². The van der Waals surface area contributed by atoms with Gasteiger partial charge in [0.1, 0.15) is 0 Å². The molecule has 0 bridgehead atoms. The molecule has 5 heteroatoms.